The zero-order valence-electron chi connectivity index (χ0n) is 69.6. The summed E-state index contributed by atoms with van der Waals surface area (Å²) >= 11 is 44.8. The highest BCUT2D eigenvalue weighted by molar-refractivity contribution is 14.1. The lowest BCUT2D eigenvalue weighted by Crippen LogP contribution is -2.18. The molecule has 0 amide bonds. The second kappa shape index (κ2) is 41.6. The zero-order chi connectivity index (χ0) is 91.9. The van der Waals surface area contributed by atoms with Crippen LogP contribution >= 0.6 is 126 Å². The molecule has 662 valence electrons. The molecular weight excluding hydrogens is 1990 g/mol. The number of aliphatic hydroxyl groups excluding tert-OH is 6. The lowest BCUT2D eigenvalue weighted by Gasteiger charge is -2.17. The Balaban J connectivity index is 0.000000154. The molecule has 11 aromatic rings. The SMILES string of the molecule is C=C(C)COc1c(I)cc(CO)nc1Cl.CC(O)c1cc2c(c(-c3ccc(F)c(Cl)c3)n1)OCC2(C)C.CC1(C)COc2c1cc(C=O)nc2-c1ccc(F)c(Cl)c1.CC1(C)COc2c1cc(CO)nc2-c1ccc(F)c(Cl)c1.CC1(C)COc2c1cc(CO)nc2-c1ccc(F)c(Cl)c1.CC1(C)COc2c1cc(CO)nc2Cl.OCc1cc(I)c(O)c(Cl)n1. The summed E-state index contributed by atoms with van der Waals surface area (Å²) in [6.07, 6.45) is -0.0000766. The highest BCUT2D eigenvalue weighted by atomic mass is 127. The molecule has 16 rings (SSSR count). The standard InChI is InChI=1S/C17H17ClFNO2.2C16H15ClFNO2.C16H13ClFNO2.C10H11ClINO2.C10H12ClNO2.C6H5ClINO2/c1-9(21)14-7-11-16(22-8-17(11,2)3)15(20-14)10-4-5-13(19)12(18)6-10;3*1-16(2)8-21-15-11(16)6-10(7-20)19-14(15)9-3-4-13(18)12(17)5-9;1-6(2)5-15-9-8(12)3-7(4-14)13-10(9)11;1-10(2)5-14-8-7(10)3-6(4-13)12-9(8)11;7-6-5(11)4(8)1-3(2-10)9-6/h4-7,9,21H,8H2,1-3H3;2*3-6,20H,7-8H2,1-2H3;3-7H,8H2,1-2H3;3,14H,1,4-5H2,2H3;3,13H,4-5H2,1-2H3;1,10-11H,2H2. The van der Waals surface area contributed by atoms with Crippen molar-refractivity contribution in [2.24, 2.45) is 0 Å². The van der Waals surface area contributed by atoms with Crippen LogP contribution in [0.3, 0.4) is 0 Å². The Morgan fingerprint density at radius 1 is 0.432 bits per heavy atom. The lowest BCUT2D eigenvalue weighted by atomic mass is 9.86. The molecule has 0 bridgehead atoms. The Bertz CT molecular complexity index is 5730. The number of pyridine rings is 7. The molecule has 0 radical (unpaired) electrons. The van der Waals surface area contributed by atoms with Crippen molar-refractivity contribution < 1.29 is 86.5 Å². The van der Waals surface area contributed by atoms with Gasteiger partial charge in [0, 0.05) is 77.1 Å². The molecule has 0 saturated carbocycles. The Kier molecular flexibility index (Phi) is 32.9. The van der Waals surface area contributed by atoms with Crippen LogP contribution in [0, 0.1) is 30.4 Å². The first kappa shape index (κ1) is 99.1. The van der Waals surface area contributed by atoms with Crippen LogP contribution in [-0.2, 0) is 60.1 Å². The van der Waals surface area contributed by atoms with Gasteiger partial charge in [-0.1, -0.05) is 157 Å². The molecule has 0 fully saturated rings. The maximum atomic E-state index is 13.4. The number of aliphatic hydroxyl groups is 6. The van der Waals surface area contributed by atoms with Crippen molar-refractivity contribution in [3.63, 3.8) is 0 Å². The number of aromatic hydroxyl groups is 1. The maximum absolute atomic E-state index is 13.4. The van der Waals surface area contributed by atoms with E-state index in [-0.39, 0.29) is 96.3 Å². The first-order chi connectivity index (χ1) is 58.8. The molecule has 125 heavy (non-hydrogen) atoms. The molecule has 0 spiro atoms. The van der Waals surface area contributed by atoms with Crippen molar-refractivity contribution in [3.05, 3.63) is 261 Å². The van der Waals surface area contributed by atoms with Crippen LogP contribution in [-0.4, -0.2) is 117 Å². The minimum Gasteiger partial charge on any atom is -0.504 e. The van der Waals surface area contributed by atoms with E-state index in [1.165, 1.54) is 48.5 Å². The fraction of sp³-hybridized carbons (Fsp3) is 0.319. The Labute approximate surface area is 782 Å². The fourth-order valence-electron chi connectivity index (χ4n) is 13.1. The molecule has 5 aliphatic heterocycles. The van der Waals surface area contributed by atoms with Crippen LogP contribution in [0.5, 0.6) is 40.2 Å². The third-order valence-electron chi connectivity index (χ3n) is 20.0. The number of aldehydes is 1. The van der Waals surface area contributed by atoms with Crippen molar-refractivity contribution in [1.82, 2.24) is 34.9 Å². The third kappa shape index (κ3) is 23.5. The summed E-state index contributed by atoms with van der Waals surface area (Å²) in [4.78, 5) is 40.5. The summed E-state index contributed by atoms with van der Waals surface area (Å²) in [6, 6.07) is 30.2. The van der Waals surface area contributed by atoms with E-state index in [0.29, 0.717) is 174 Å². The highest BCUT2D eigenvalue weighted by Crippen LogP contribution is 2.50. The average Bonchev–Trinajstić information content (AvgIpc) is 1.69. The van der Waals surface area contributed by atoms with Gasteiger partial charge in [-0.2, -0.15) is 0 Å². The Morgan fingerprint density at radius 2 is 0.728 bits per heavy atom. The average molecular weight is 2080 g/mol. The van der Waals surface area contributed by atoms with E-state index < -0.39 is 29.4 Å². The highest BCUT2D eigenvalue weighted by Gasteiger charge is 2.40. The predicted molar refractivity (Wildman–Crippen MR) is 492 cm³/mol. The van der Waals surface area contributed by atoms with Crippen LogP contribution < -0.4 is 28.4 Å². The number of halogens is 13. The van der Waals surface area contributed by atoms with Gasteiger partial charge in [-0.3, -0.25) is 4.79 Å². The largest absolute Gasteiger partial charge is 0.504 e. The Morgan fingerprint density at radius 3 is 1.06 bits per heavy atom. The number of nitrogens with zero attached hydrogens (tertiary/aromatic N) is 7. The number of aromatic nitrogens is 7. The first-order valence-corrected chi connectivity index (χ1v) is 43.3. The summed E-state index contributed by atoms with van der Waals surface area (Å²) < 4.78 is 88.9. The van der Waals surface area contributed by atoms with Crippen LogP contribution in [0.25, 0.3) is 45.0 Å². The van der Waals surface area contributed by atoms with E-state index >= 15 is 0 Å². The minimum absolute atomic E-state index is 0.0109. The minimum atomic E-state index is -0.698. The number of carbonyl (C=O) groups is 1. The van der Waals surface area contributed by atoms with Gasteiger partial charge in [0.1, 0.15) is 81.3 Å². The van der Waals surface area contributed by atoms with E-state index in [9.17, 15) is 37.7 Å². The van der Waals surface area contributed by atoms with Crippen LogP contribution in [0.2, 0.25) is 35.5 Å². The Hall–Kier alpha value is -8.09. The second-order valence-corrected chi connectivity index (χ2v) is 37.7. The number of fused-ring (bicyclic) bond motifs is 5. The smallest absolute Gasteiger partial charge is 0.172 e. The molecular formula is C91H88Cl7F4I2N7O14. The van der Waals surface area contributed by atoms with Crippen LogP contribution in [0.15, 0.2) is 127 Å². The number of hydrogen-bond donors (Lipinski definition) is 7. The van der Waals surface area contributed by atoms with Gasteiger partial charge in [-0.25, -0.2) is 52.4 Å². The number of rotatable bonds is 14. The zero-order valence-corrected chi connectivity index (χ0v) is 79.2. The second-order valence-electron chi connectivity index (χ2n) is 32.7. The molecule has 7 aromatic heterocycles. The van der Waals surface area contributed by atoms with Gasteiger partial charge < -0.3 is 64.2 Å². The summed E-state index contributed by atoms with van der Waals surface area (Å²) in [6.45, 7) is 30.4. The van der Waals surface area contributed by atoms with Gasteiger partial charge in [-0.05, 0) is 180 Å². The number of ether oxygens (including phenoxy) is 6. The molecule has 34 heteroatoms. The molecule has 7 N–H and O–H groups in total. The van der Waals surface area contributed by atoms with Crippen molar-refractivity contribution in [3.8, 4) is 85.3 Å². The molecule has 21 nitrogen and oxygen atoms in total. The van der Waals surface area contributed by atoms with E-state index in [0.717, 1.165) is 37.0 Å². The molecule has 1 atom stereocenters. The molecule has 12 heterocycles. The molecule has 5 aliphatic rings. The first-order valence-electron chi connectivity index (χ1n) is 38.5. The molecule has 0 saturated heterocycles. The van der Waals surface area contributed by atoms with Gasteiger partial charge >= 0.3 is 0 Å². The monoisotopic (exact) mass is 2080 g/mol. The van der Waals surface area contributed by atoms with Crippen LogP contribution in [0.1, 0.15) is 162 Å². The van der Waals surface area contributed by atoms with E-state index in [1.54, 1.807) is 49.4 Å². The molecule has 0 aliphatic carbocycles. The lowest BCUT2D eigenvalue weighted by molar-refractivity contribution is 0.111. The number of benzene rings is 4. The molecule has 4 aromatic carbocycles. The summed E-state index contributed by atoms with van der Waals surface area (Å²) in [7, 11) is 0. The predicted octanol–water partition coefficient (Wildman–Crippen LogP) is 21.9. The number of hydrogen-bond acceptors (Lipinski definition) is 21. The molecule has 1 unspecified atom stereocenters. The normalized spacial score (nSPS) is 14.9. The van der Waals surface area contributed by atoms with E-state index in [1.807, 2.05) is 67.6 Å². The van der Waals surface area contributed by atoms with Gasteiger partial charge in [0.05, 0.1) is 134 Å². The van der Waals surface area contributed by atoms with Gasteiger partial charge in [0.25, 0.3) is 0 Å². The van der Waals surface area contributed by atoms with E-state index in [4.69, 9.17) is 130 Å². The summed E-state index contributed by atoms with van der Waals surface area (Å²) in [5.74, 6) is 1.91. The van der Waals surface area contributed by atoms with Crippen molar-refractivity contribution in [1.29, 1.82) is 0 Å². The fourth-order valence-corrected chi connectivity index (χ4v) is 16.3. The quantitative estimate of drug-likeness (QED) is 0.0175. The topological polar surface area (TPSA) is 304 Å². The third-order valence-corrected chi connectivity index (χ3v) is 23.6. The van der Waals surface area contributed by atoms with Crippen molar-refractivity contribution in [2.75, 3.05) is 39.6 Å². The van der Waals surface area contributed by atoms with E-state index in [2.05, 4.69) is 119 Å². The van der Waals surface area contributed by atoms with Crippen molar-refractivity contribution in [2.45, 2.75) is 149 Å². The van der Waals surface area contributed by atoms with Gasteiger partial charge in [-0.15, -0.1) is 0 Å². The van der Waals surface area contributed by atoms with Crippen molar-refractivity contribution >= 4 is 133 Å². The van der Waals surface area contributed by atoms with Gasteiger partial charge in [0.15, 0.2) is 39.0 Å². The van der Waals surface area contributed by atoms with Gasteiger partial charge in [0.2, 0.25) is 0 Å². The summed E-state index contributed by atoms with van der Waals surface area (Å²) in [5, 5.41) is 65.2. The summed E-state index contributed by atoms with van der Waals surface area (Å²) in [5.41, 5.74) is 13.6. The van der Waals surface area contributed by atoms with Crippen LogP contribution in [0.4, 0.5) is 17.6 Å². The number of carbonyl (C=O) groups excluding carboxylic acids is 1. The maximum Gasteiger partial charge on any atom is 0.172 e.